The smallest absolute Gasteiger partial charge is 0.291 e. The molecule has 9 nitrogen and oxygen atoms in total. The van der Waals surface area contributed by atoms with E-state index in [9.17, 15) is 14.9 Å². The molecule has 0 aliphatic rings. The highest BCUT2D eigenvalue weighted by molar-refractivity contribution is 7.15. The van der Waals surface area contributed by atoms with Crippen LogP contribution in [0.3, 0.4) is 0 Å². The molecule has 4 aromatic rings. The second-order valence-electron chi connectivity index (χ2n) is 6.38. The third-order valence-corrected chi connectivity index (χ3v) is 5.39. The second kappa shape index (κ2) is 8.36. The van der Waals surface area contributed by atoms with E-state index in [0.717, 1.165) is 5.56 Å². The Hall–Kier alpha value is -4.05. The minimum absolute atomic E-state index is 0.00643. The van der Waals surface area contributed by atoms with Gasteiger partial charge in [-0.2, -0.15) is 9.50 Å². The van der Waals surface area contributed by atoms with Crippen molar-refractivity contribution in [3.8, 4) is 11.5 Å². The van der Waals surface area contributed by atoms with E-state index in [4.69, 9.17) is 9.47 Å². The highest BCUT2D eigenvalue weighted by Crippen LogP contribution is 2.28. The van der Waals surface area contributed by atoms with Gasteiger partial charge in [-0.15, -0.1) is 5.10 Å². The number of ether oxygens (including phenoxy) is 2. The topological polar surface area (TPSA) is 109 Å². The van der Waals surface area contributed by atoms with Gasteiger partial charge in [0.2, 0.25) is 4.96 Å². The normalized spacial score (nSPS) is 12.0. The fourth-order valence-electron chi connectivity index (χ4n) is 2.89. The number of nitro groups is 1. The number of nitrogens with zero attached hydrogens (tertiary/aromatic N) is 4. The predicted octanol–water partition coefficient (Wildman–Crippen LogP) is 2.79. The molecule has 156 valence electrons. The molecule has 0 aliphatic heterocycles. The van der Waals surface area contributed by atoms with Gasteiger partial charge in [0.05, 0.1) is 23.7 Å². The first-order valence-corrected chi connectivity index (χ1v) is 9.86. The summed E-state index contributed by atoms with van der Waals surface area (Å²) >= 11 is 1.20. The minimum Gasteiger partial charge on any atom is -0.493 e. The summed E-state index contributed by atoms with van der Waals surface area (Å²) in [6.07, 6.45) is 5.18. The number of aromatic nitrogens is 3. The van der Waals surface area contributed by atoms with Gasteiger partial charge in [0, 0.05) is 12.1 Å². The first kappa shape index (κ1) is 20.2. The Morgan fingerprint density at radius 1 is 1.03 bits per heavy atom. The molecule has 0 spiro atoms. The zero-order valence-electron chi connectivity index (χ0n) is 16.5. The van der Waals surface area contributed by atoms with Crippen molar-refractivity contribution in [1.29, 1.82) is 0 Å². The standard InChI is InChI=1S/C21H16N4O5S/c1-29-16-9-5-13(11-17(16)30-2)6-10-19-22-21-24(23-19)20(26)18(31-21)12-14-3-7-15(8-4-14)25(27)28/h3-12H,1-2H3/b10-6+,18-12-. The number of nitro benzene ring substituents is 1. The third kappa shape index (κ3) is 4.14. The molecule has 4 rings (SSSR count). The van der Waals surface area contributed by atoms with Crippen LogP contribution < -0.4 is 19.6 Å². The van der Waals surface area contributed by atoms with Crippen molar-refractivity contribution < 1.29 is 14.4 Å². The molecule has 0 amide bonds. The van der Waals surface area contributed by atoms with E-state index in [1.807, 2.05) is 18.2 Å². The zero-order valence-corrected chi connectivity index (χ0v) is 17.3. The lowest BCUT2D eigenvalue weighted by Gasteiger charge is -2.07. The van der Waals surface area contributed by atoms with Gasteiger partial charge in [-0.25, -0.2) is 0 Å². The van der Waals surface area contributed by atoms with E-state index < -0.39 is 4.92 Å². The molecule has 0 unspecified atom stereocenters. The number of fused-ring (bicyclic) bond motifs is 1. The molecule has 31 heavy (non-hydrogen) atoms. The average Bonchev–Trinajstić information content (AvgIpc) is 3.31. The lowest BCUT2D eigenvalue weighted by atomic mass is 10.2. The summed E-state index contributed by atoms with van der Waals surface area (Å²) in [5.74, 6) is 1.64. The van der Waals surface area contributed by atoms with Crippen LogP contribution in [0.1, 0.15) is 17.0 Å². The van der Waals surface area contributed by atoms with Crippen LogP contribution in [0.15, 0.2) is 47.3 Å². The molecule has 0 bridgehead atoms. The molecule has 0 N–H and O–H groups in total. The fourth-order valence-corrected chi connectivity index (χ4v) is 3.81. The van der Waals surface area contributed by atoms with Crippen molar-refractivity contribution in [2.24, 2.45) is 0 Å². The maximum atomic E-state index is 12.6. The monoisotopic (exact) mass is 436 g/mol. The van der Waals surface area contributed by atoms with Crippen molar-refractivity contribution in [3.05, 3.63) is 84.4 Å². The van der Waals surface area contributed by atoms with Crippen LogP contribution in [0.4, 0.5) is 5.69 Å². The number of rotatable bonds is 6. The minimum atomic E-state index is -0.469. The van der Waals surface area contributed by atoms with E-state index in [1.165, 1.54) is 28.0 Å². The van der Waals surface area contributed by atoms with Crippen LogP contribution in [-0.4, -0.2) is 33.7 Å². The number of thiazole rings is 1. The largest absolute Gasteiger partial charge is 0.493 e. The molecular weight excluding hydrogens is 420 g/mol. The van der Waals surface area contributed by atoms with Gasteiger partial charge in [-0.05, 0) is 47.5 Å². The molecule has 0 radical (unpaired) electrons. The molecule has 2 heterocycles. The summed E-state index contributed by atoms with van der Waals surface area (Å²) in [5.41, 5.74) is 1.25. The van der Waals surface area contributed by atoms with Crippen LogP contribution in [0.25, 0.3) is 23.2 Å². The van der Waals surface area contributed by atoms with Gasteiger partial charge < -0.3 is 9.47 Å². The Bertz CT molecular complexity index is 1410. The highest BCUT2D eigenvalue weighted by Gasteiger charge is 2.10. The number of hydrogen-bond donors (Lipinski definition) is 0. The zero-order chi connectivity index (χ0) is 22.0. The molecular formula is C21H16N4O5S. The summed E-state index contributed by atoms with van der Waals surface area (Å²) < 4.78 is 12.2. The molecule has 2 aromatic heterocycles. The number of hydrogen-bond acceptors (Lipinski definition) is 8. The Kier molecular flexibility index (Phi) is 5.46. The van der Waals surface area contributed by atoms with Gasteiger partial charge in [0.15, 0.2) is 17.3 Å². The predicted molar refractivity (Wildman–Crippen MR) is 117 cm³/mol. The van der Waals surface area contributed by atoms with Crippen LogP contribution in [0, 0.1) is 10.1 Å². The molecule has 0 aliphatic carbocycles. The Morgan fingerprint density at radius 3 is 2.39 bits per heavy atom. The van der Waals surface area contributed by atoms with Crippen LogP contribution >= 0.6 is 11.3 Å². The van der Waals surface area contributed by atoms with Crippen molar-refractivity contribution in [2.75, 3.05) is 14.2 Å². The SMILES string of the molecule is COc1ccc(/C=C/c2nc3s/c(=C\c4ccc([N+](=O)[O-])cc4)c(=O)n3n2)cc1OC. The maximum absolute atomic E-state index is 12.6. The third-order valence-electron chi connectivity index (χ3n) is 4.43. The molecule has 0 saturated heterocycles. The van der Waals surface area contributed by atoms with Crippen LogP contribution in [-0.2, 0) is 0 Å². The van der Waals surface area contributed by atoms with Crippen molar-refractivity contribution >= 4 is 40.2 Å². The van der Waals surface area contributed by atoms with Crippen molar-refractivity contribution in [3.63, 3.8) is 0 Å². The first-order chi connectivity index (χ1) is 15.0. The molecule has 0 atom stereocenters. The van der Waals surface area contributed by atoms with E-state index in [1.54, 1.807) is 44.6 Å². The van der Waals surface area contributed by atoms with Gasteiger partial charge in [0.1, 0.15) is 0 Å². The fraction of sp³-hybridized carbons (Fsp3) is 0.0952. The van der Waals surface area contributed by atoms with E-state index in [-0.39, 0.29) is 11.2 Å². The summed E-state index contributed by atoms with van der Waals surface area (Å²) in [6, 6.07) is 11.5. The number of non-ortho nitro benzene ring substituents is 1. The van der Waals surface area contributed by atoms with Crippen molar-refractivity contribution in [2.45, 2.75) is 0 Å². The maximum Gasteiger partial charge on any atom is 0.291 e. The van der Waals surface area contributed by atoms with Crippen LogP contribution in [0.5, 0.6) is 11.5 Å². The molecule has 10 heteroatoms. The lowest BCUT2D eigenvalue weighted by Crippen LogP contribution is -2.23. The molecule has 0 fully saturated rings. The summed E-state index contributed by atoms with van der Waals surface area (Å²) in [6.45, 7) is 0. The molecule has 2 aromatic carbocycles. The van der Waals surface area contributed by atoms with Gasteiger partial charge >= 0.3 is 0 Å². The Morgan fingerprint density at radius 2 is 1.74 bits per heavy atom. The van der Waals surface area contributed by atoms with Gasteiger partial charge in [0.25, 0.3) is 11.2 Å². The lowest BCUT2D eigenvalue weighted by molar-refractivity contribution is -0.384. The quantitative estimate of drug-likeness (QED) is 0.338. The van der Waals surface area contributed by atoms with E-state index in [0.29, 0.717) is 32.4 Å². The van der Waals surface area contributed by atoms with Crippen molar-refractivity contribution in [1.82, 2.24) is 14.6 Å². The van der Waals surface area contributed by atoms with Crippen LogP contribution in [0.2, 0.25) is 0 Å². The average molecular weight is 436 g/mol. The Labute approximate surface area is 179 Å². The van der Waals surface area contributed by atoms with E-state index in [2.05, 4.69) is 10.1 Å². The number of methoxy groups -OCH3 is 2. The molecule has 0 saturated carbocycles. The van der Waals surface area contributed by atoms with Gasteiger partial charge in [-0.1, -0.05) is 23.5 Å². The summed E-state index contributed by atoms with van der Waals surface area (Å²) in [7, 11) is 3.14. The number of benzene rings is 2. The van der Waals surface area contributed by atoms with E-state index >= 15 is 0 Å². The Balaban J connectivity index is 1.61. The first-order valence-electron chi connectivity index (χ1n) is 9.04. The second-order valence-corrected chi connectivity index (χ2v) is 7.39. The highest BCUT2D eigenvalue weighted by atomic mass is 32.1. The summed E-state index contributed by atoms with van der Waals surface area (Å²) in [4.78, 5) is 27.8. The van der Waals surface area contributed by atoms with Gasteiger partial charge in [-0.3, -0.25) is 14.9 Å². The summed E-state index contributed by atoms with van der Waals surface area (Å²) in [5, 5.41) is 15.0.